The van der Waals surface area contributed by atoms with Crippen molar-refractivity contribution < 1.29 is 27.8 Å². The fraction of sp³-hybridized carbons (Fsp3) is 0.643. The highest BCUT2D eigenvalue weighted by Crippen LogP contribution is 2.45. The van der Waals surface area contributed by atoms with Crippen LogP contribution in [-0.2, 0) is 4.74 Å². The minimum atomic E-state index is -4.72. The van der Waals surface area contributed by atoms with E-state index >= 15 is 0 Å². The second kappa shape index (κ2) is 6.62. The van der Waals surface area contributed by atoms with Gasteiger partial charge in [-0.1, -0.05) is 11.6 Å². The number of H-pyrrole nitrogens is 1. The normalized spacial score (nSPS) is 28.6. The number of ether oxygens (including phenoxy) is 1. The molecule has 1 aromatic rings. The summed E-state index contributed by atoms with van der Waals surface area (Å²) in [6, 6.07) is -0.794. The third-order valence-electron chi connectivity index (χ3n) is 4.55. The number of alkyl carbamates (subject to hydrolysis) is 1. The number of nitrogens with zero attached hydrogens (tertiary/aromatic N) is 2. The maximum absolute atomic E-state index is 12.5. The molecule has 0 bridgehead atoms. The molecular formula is C14H16ClF3N4O4. The van der Waals surface area contributed by atoms with Crippen molar-refractivity contribution in [1.82, 2.24) is 15.5 Å². The molecule has 144 valence electrons. The van der Waals surface area contributed by atoms with Gasteiger partial charge in [-0.05, 0) is 0 Å². The van der Waals surface area contributed by atoms with E-state index in [0.717, 1.165) is 0 Å². The summed E-state index contributed by atoms with van der Waals surface area (Å²) in [5.74, 6) is 0. The lowest BCUT2D eigenvalue weighted by Crippen LogP contribution is -2.62. The Hall–Kier alpha value is -2.01. The van der Waals surface area contributed by atoms with E-state index in [-0.39, 0.29) is 11.6 Å². The van der Waals surface area contributed by atoms with Crippen molar-refractivity contribution in [3.05, 3.63) is 21.6 Å². The number of nitrogens with one attached hydrogen (secondary N) is 2. The first-order valence-corrected chi connectivity index (χ1v) is 8.21. The lowest BCUT2D eigenvalue weighted by molar-refractivity contribution is -0.291. The molecule has 0 radical (unpaired) electrons. The van der Waals surface area contributed by atoms with Crippen molar-refractivity contribution in [2.45, 2.75) is 43.2 Å². The predicted molar refractivity (Wildman–Crippen MR) is 84.1 cm³/mol. The summed E-state index contributed by atoms with van der Waals surface area (Å²) in [4.78, 5) is 25.0. The standard InChI is InChI=1S/C14H16ClF3N4O4/c15-10-9(5-19-21-11(10)23)22-2-1-8(6-22)26-12(24)20-7-3-13(25,4-7)14(16,17)18/h5,7-8,25H,1-4,6H2,(H,20,24)(H,21,23)/t7-,8-,13-/m1/s1. The topological polar surface area (TPSA) is 108 Å². The van der Waals surface area contributed by atoms with Gasteiger partial charge in [-0.3, -0.25) is 4.79 Å². The zero-order valence-corrected chi connectivity index (χ0v) is 14.1. The molecule has 1 aliphatic carbocycles. The Morgan fingerprint density at radius 3 is 2.85 bits per heavy atom. The predicted octanol–water partition coefficient (Wildman–Crippen LogP) is 1.18. The maximum atomic E-state index is 12.5. The van der Waals surface area contributed by atoms with Crippen molar-refractivity contribution in [1.29, 1.82) is 0 Å². The summed E-state index contributed by atoms with van der Waals surface area (Å²) < 4.78 is 42.8. The molecule has 3 rings (SSSR count). The van der Waals surface area contributed by atoms with Crippen molar-refractivity contribution in [2.24, 2.45) is 0 Å². The van der Waals surface area contributed by atoms with Crippen molar-refractivity contribution in [3.63, 3.8) is 0 Å². The number of aliphatic hydroxyl groups is 1. The maximum Gasteiger partial charge on any atom is 0.417 e. The summed E-state index contributed by atoms with van der Waals surface area (Å²) in [7, 11) is 0. The fourth-order valence-electron chi connectivity index (χ4n) is 3.08. The van der Waals surface area contributed by atoms with Gasteiger partial charge in [-0.15, -0.1) is 0 Å². The average molecular weight is 397 g/mol. The van der Waals surface area contributed by atoms with E-state index in [1.807, 2.05) is 0 Å². The Labute approximate surface area is 150 Å². The molecule has 1 atom stereocenters. The van der Waals surface area contributed by atoms with E-state index in [1.165, 1.54) is 6.20 Å². The minimum absolute atomic E-state index is 0.0222. The molecule has 1 saturated heterocycles. The van der Waals surface area contributed by atoms with Crippen molar-refractivity contribution in [2.75, 3.05) is 18.0 Å². The summed E-state index contributed by atoms with van der Waals surface area (Å²) >= 11 is 5.92. The Morgan fingerprint density at radius 1 is 1.50 bits per heavy atom. The zero-order chi connectivity index (χ0) is 19.1. The third kappa shape index (κ3) is 3.58. The molecule has 26 heavy (non-hydrogen) atoms. The molecule has 1 amide bonds. The van der Waals surface area contributed by atoms with Gasteiger partial charge >= 0.3 is 12.3 Å². The molecule has 1 saturated carbocycles. The molecule has 0 aromatic carbocycles. The van der Waals surface area contributed by atoms with Crippen LogP contribution >= 0.6 is 11.6 Å². The van der Waals surface area contributed by atoms with E-state index in [4.69, 9.17) is 16.3 Å². The molecule has 1 aliphatic heterocycles. The number of anilines is 1. The van der Waals surface area contributed by atoms with E-state index in [2.05, 4.69) is 15.5 Å². The number of aromatic nitrogens is 2. The highest BCUT2D eigenvalue weighted by atomic mass is 35.5. The number of carbonyl (C=O) groups is 1. The lowest BCUT2D eigenvalue weighted by Gasteiger charge is -2.44. The summed E-state index contributed by atoms with van der Waals surface area (Å²) in [5.41, 5.74) is -2.87. The number of amides is 1. The highest BCUT2D eigenvalue weighted by molar-refractivity contribution is 6.33. The first-order chi connectivity index (χ1) is 12.1. The van der Waals surface area contributed by atoms with Crippen LogP contribution in [0.5, 0.6) is 0 Å². The highest BCUT2D eigenvalue weighted by Gasteiger charge is 2.61. The minimum Gasteiger partial charge on any atom is -0.444 e. The first-order valence-electron chi connectivity index (χ1n) is 7.83. The van der Waals surface area contributed by atoms with Crippen LogP contribution in [0, 0.1) is 0 Å². The average Bonchev–Trinajstić information content (AvgIpc) is 2.95. The number of hydrogen-bond acceptors (Lipinski definition) is 6. The fourth-order valence-corrected chi connectivity index (χ4v) is 3.29. The zero-order valence-electron chi connectivity index (χ0n) is 13.3. The Kier molecular flexibility index (Phi) is 4.78. The number of rotatable bonds is 3. The Morgan fingerprint density at radius 2 is 2.19 bits per heavy atom. The lowest BCUT2D eigenvalue weighted by atomic mass is 9.75. The van der Waals surface area contributed by atoms with Crippen LogP contribution in [0.3, 0.4) is 0 Å². The van der Waals surface area contributed by atoms with Gasteiger partial charge in [0.15, 0.2) is 5.60 Å². The quantitative estimate of drug-likeness (QED) is 0.708. The Balaban J connectivity index is 1.48. The molecular weight excluding hydrogens is 381 g/mol. The van der Waals surface area contributed by atoms with Gasteiger partial charge in [0.1, 0.15) is 11.1 Å². The second-order valence-electron chi connectivity index (χ2n) is 6.44. The van der Waals surface area contributed by atoms with Crippen LogP contribution < -0.4 is 15.8 Å². The number of hydrogen-bond donors (Lipinski definition) is 3. The van der Waals surface area contributed by atoms with Gasteiger partial charge in [0.2, 0.25) is 0 Å². The van der Waals surface area contributed by atoms with Crippen LogP contribution in [0.25, 0.3) is 0 Å². The second-order valence-corrected chi connectivity index (χ2v) is 6.82. The number of aromatic amines is 1. The molecule has 12 heteroatoms. The monoisotopic (exact) mass is 396 g/mol. The van der Waals surface area contributed by atoms with Gasteiger partial charge in [-0.25, -0.2) is 9.89 Å². The van der Waals surface area contributed by atoms with E-state index < -0.39 is 48.4 Å². The number of halogens is 4. The van der Waals surface area contributed by atoms with Gasteiger partial charge in [-0.2, -0.15) is 18.3 Å². The number of alkyl halides is 3. The van der Waals surface area contributed by atoms with Crippen LogP contribution in [0.2, 0.25) is 5.02 Å². The van der Waals surface area contributed by atoms with Gasteiger partial charge < -0.3 is 20.1 Å². The molecule has 3 N–H and O–H groups in total. The Bertz CT molecular complexity index is 750. The van der Waals surface area contributed by atoms with E-state index in [1.54, 1.807) is 4.90 Å². The van der Waals surface area contributed by atoms with Crippen molar-refractivity contribution in [3.8, 4) is 0 Å². The van der Waals surface area contributed by atoms with E-state index in [9.17, 15) is 27.9 Å². The van der Waals surface area contributed by atoms with Gasteiger partial charge in [0.25, 0.3) is 5.56 Å². The third-order valence-corrected chi connectivity index (χ3v) is 4.92. The summed E-state index contributed by atoms with van der Waals surface area (Å²) in [6.45, 7) is 0.746. The van der Waals surface area contributed by atoms with Crippen LogP contribution in [0.1, 0.15) is 19.3 Å². The number of carbonyl (C=O) groups excluding carboxylic acids is 1. The largest absolute Gasteiger partial charge is 0.444 e. The van der Waals surface area contributed by atoms with Crippen molar-refractivity contribution >= 4 is 23.4 Å². The van der Waals surface area contributed by atoms with Gasteiger partial charge in [0, 0.05) is 31.8 Å². The summed E-state index contributed by atoms with van der Waals surface area (Å²) in [5, 5.41) is 17.5. The molecule has 2 heterocycles. The molecule has 1 aromatic heterocycles. The molecule has 0 unspecified atom stereocenters. The first kappa shape index (κ1) is 18.8. The summed E-state index contributed by atoms with van der Waals surface area (Å²) in [6.07, 6.45) is -5.42. The van der Waals surface area contributed by atoms with Crippen LogP contribution in [0.4, 0.5) is 23.7 Å². The molecule has 0 spiro atoms. The van der Waals surface area contributed by atoms with Crippen LogP contribution in [0.15, 0.2) is 11.0 Å². The smallest absolute Gasteiger partial charge is 0.417 e. The van der Waals surface area contributed by atoms with Gasteiger partial charge in [0.05, 0.1) is 18.4 Å². The van der Waals surface area contributed by atoms with E-state index in [0.29, 0.717) is 18.7 Å². The molecule has 2 fully saturated rings. The molecule has 8 nitrogen and oxygen atoms in total. The SMILES string of the molecule is O=C(N[C@H]1C[C@@](O)(C(F)(F)F)C1)O[C@@H]1CCN(c2cn[nH]c(=O)c2Cl)C1. The van der Waals surface area contributed by atoms with Crippen LogP contribution in [-0.4, -0.2) is 58.4 Å². The molecule has 2 aliphatic rings.